The van der Waals surface area contributed by atoms with Gasteiger partial charge in [0.25, 0.3) is 10.0 Å². The molecule has 0 fully saturated rings. The summed E-state index contributed by atoms with van der Waals surface area (Å²) in [5.74, 6) is -2.44. The van der Waals surface area contributed by atoms with Gasteiger partial charge in [0.15, 0.2) is 4.90 Å². The van der Waals surface area contributed by atoms with Gasteiger partial charge in [-0.25, -0.2) is 17.2 Å². The second-order valence-electron chi connectivity index (χ2n) is 5.08. The number of amides is 1. The number of carbonyl (C=O) groups excluding carboxylic acids is 1. The first-order valence-electron chi connectivity index (χ1n) is 6.76. The Hall–Kier alpha value is -2.48. The number of sulfonamides is 1. The summed E-state index contributed by atoms with van der Waals surface area (Å²) in [5, 5.41) is 2.66. The molecular weight excluding hydrogens is 326 g/mol. The normalized spacial score (nSPS) is 14.1. The average Bonchev–Trinajstić information content (AvgIpc) is 2.46. The minimum Gasteiger partial charge on any atom is -0.326 e. The maximum atomic E-state index is 13.7. The van der Waals surface area contributed by atoms with E-state index >= 15 is 0 Å². The molecule has 0 saturated carbocycles. The molecule has 0 unspecified atom stereocenters. The zero-order valence-electron chi connectivity index (χ0n) is 11.8. The van der Waals surface area contributed by atoms with Crippen LogP contribution in [0.2, 0.25) is 0 Å². The number of hydrogen-bond donors (Lipinski definition) is 2. The molecule has 0 saturated heterocycles. The molecule has 0 aliphatic carbocycles. The van der Waals surface area contributed by atoms with Crippen molar-refractivity contribution in [1.82, 2.24) is 0 Å². The zero-order valence-corrected chi connectivity index (χ0v) is 12.6. The van der Waals surface area contributed by atoms with Crippen molar-refractivity contribution in [1.29, 1.82) is 0 Å². The molecule has 120 valence electrons. The van der Waals surface area contributed by atoms with E-state index in [0.717, 1.165) is 23.8 Å². The Kier molecular flexibility index (Phi) is 3.77. The Morgan fingerprint density at radius 3 is 2.43 bits per heavy atom. The third-order valence-corrected chi connectivity index (χ3v) is 4.87. The van der Waals surface area contributed by atoms with Crippen molar-refractivity contribution in [3.63, 3.8) is 0 Å². The maximum Gasteiger partial charge on any atom is 0.267 e. The number of fused-ring (bicyclic) bond motifs is 1. The van der Waals surface area contributed by atoms with Gasteiger partial charge >= 0.3 is 0 Å². The smallest absolute Gasteiger partial charge is 0.267 e. The highest BCUT2D eigenvalue weighted by Gasteiger charge is 2.24. The monoisotopic (exact) mass is 338 g/mol. The molecule has 0 atom stereocenters. The highest BCUT2D eigenvalue weighted by Crippen LogP contribution is 2.28. The maximum absolute atomic E-state index is 13.7. The molecule has 1 aliphatic rings. The predicted molar refractivity (Wildman–Crippen MR) is 80.6 cm³/mol. The van der Waals surface area contributed by atoms with Gasteiger partial charge in [-0.3, -0.25) is 9.52 Å². The molecule has 8 heteroatoms. The third-order valence-electron chi connectivity index (χ3n) is 3.44. The lowest BCUT2D eigenvalue weighted by Gasteiger charge is -2.18. The number of carbonyl (C=O) groups is 1. The molecular formula is C15H12F2N2O3S. The molecule has 2 aromatic rings. The summed E-state index contributed by atoms with van der Waals surface area (Å²) in [7, 11) is -4.40. The van der Waals surface area contributed by atoms with E-state index in [0.29, 0.717) is 18.5 Å². The van der Waals surface area contributed by atoms with E-state index in [-0.39, 0.29) is 11.6 Å². The second-order valence-corrected chi connectivity index (χ2v) is 6.70. The van der Waals surface area contributed by atoms with E-state index < -0.39 is 26.6 Å². The lowest BCUT2D eigenvalue weighted by atomic mass is 10.0. The SMILES string of the molecule is O=C1CCc2cc(NS(=O)(=O)c3c(F)cccc3F)ccc2N1. The van der Waals surface area contributed by atoms with Crippen LogP contribution in [0.1, 0.15) is 12.0 Å². The first-order chi connectivity index (χ1) is 10.9. The largest absolute Gasteiger partial charge is 0.326 e. The summed E-state index contributed by atoms with van der Waals surface area (Å²) in [6.07, 6.45) is 0.760. The van der Waals surface area contributed by atoms with Crippen LogP contribution in [0.5, 0.6) is 0 Å². The molecule has 23 heavy (non-hydrogen) atoms. The third kappa shape index (κ3) is 3.02. The van der Waals surface area contributed by atoms with Crippen molar-refractivity contribution >= 4 is 27.3 Å². The van der Waals surface area contributed by atoms with Crippen LogP contribution < -0.4 is 10.0 Å². The van der Waals surface area contributed by atoms with Crippen molar-refractivity contribution in [3.05, 3.63) is 53.6 Å². The average molecular weight is 338 g/mol. The number of hydrogen-bond acceptors (Lipinski definition) is 3. The molecule has 1 amide bonds. The summed E-state index contributed by atoms with van der Waals surface area (Å²) in [5.41, 5.74) is 1.52. The Bertz CT molecular complexity index is 877. The van der Waals surface area contributed by atoms with Crippen LogP contribution in [0.25, 0.3) is 0 Å². The summed E-state index contributed by atoms with van der Waals surface area (Å²) < 4.78 is 53.9. The Morgan fingerprint density at radius 1 is 1.04 bits per heavy atom. The van der Waals surface area contributed by atoms with Crippen molar-refractivity contribution in [3.8, 4) is 0 Å². The topological polar surface area (TPSA) is 75.3 Å². The molecule has 0 bridgehead atoms. The standard InChI is InChI=1S/C15H12F2N2O3S/c16-11-2-1-3-12(17)15(11)23(21,22)19-10-5-6-13-9(8-10)4-7-14(20)18-13/h1-3,5-6,8,19H,4,7H2,(H,18,20). The fourth-order valence-corrected chi connectivity index (χ4v) is 3.58. The predicted octanol–water partition coefficient (Wildman–Crippen LogP) is 2.65. The highest BCUT2D eigenvalue weighted by atomic mass is 32.2. The Balaban J connectivity index is 1.94. The molecule has 1 heterocycles. The number of anilines is 2. The van der Waals surface area contributed by atoms with E-state index in [1.54, 1.807) is 6.07 Å². The van der Waals surface area contributed by atoms with Gasteiger partial charge in [-0.1, -0.05) is 6.07 Å². The van der Waals surface area contributed by atoms with Crippen LogP contribution >= 0.6 is 0 Å². The van der Waals surface area contributed by atoms with E-state index in [4.69, 9.17) is 0 Å². The van der Waals surface area contributed by atoms with Gasteiger partial charge in [0.1, 0.15) is 11.6 Å². The van der Waals surface area contributed by atoms with Gasteiger partial charge in [0.2, 0.25) is 5.91 Å². The van der Waals surface area contributed by atoms with Crippen molar-refractivity contribution < 1.29 is 22.0 Å². The van der Waals surface area contributed by atoms with Gasteiger partial charge in [0.05, 0.1) is 0 Å². The molecule has 2 aromatic carbocycles. The molecule has 2 N–H and O–H groups in total. The number of aryl methyl sites for hydroxylation is 1. The number of halogens is 2. The number of nitrogens with one attached hydrogen (secondary N) is 2. The van der Waals surface area contributed by atoms with Crippen LogP contribution in [-0.4, -0.2) is 14.3 Å². The van der Waals surface area contributed by atoms with Crippen molar-refractivity contribution in [2.45, 2.75) is 17.7 Å². The van der Waals surface area contributed by atoms with Gasteiger partial charge in [-0.15, -0.1) is 0 Å². The van der Waals surface area contributed by atoms with Gasteiger partial charge in [-0.05, 0) is 42.3 Å². The van der Waals surface area contributed by atoms with Gasteiger partial charge < -0.3 is 5.32 Å². The van der Waals surface area contributed by atoms with Gasteiger partial charge in [-0.2, -0.15) is 0 Å². The first kappa shape index (κ1) is 15.4. The van der Waals surface area contributed by atoms with Crippen LogP contribution in [-0.2, 0) is 21.2 Å². The molecule has 0 radical (unpaired) electrons. The lowest BCUT2D eigenvalue weighted by Crippen LogP contribution is -2.20. The zero-order chi connectivity index (χ0) is 16.6. The van der Waals surface area contributed by atoms with Crippen molar-refractivity contribution in [2.75, 3.05) is 10.0 Å². The van der Waals surface area contributed by atoms with Crippen LogP contribution in [0.3, 0.4) is 0 Å². The summed E-state index contributed by atoms with van der Waals surface area (Å²) in [6, 6.07) is 7.33. The Morgan fingerprint density at radius 2 is 1.74 bits per heavy atom. The van der Waals surface area contributed by atoms with Crippen LogP contribution in [0.15, 0.2) is 41.3 Å². The quantitative estimate of drug-likeness (QED) is 0.903. The van der Waals surface area contributed by atoms with E-state index in [1.807, 2.05) is 0 Å². The molecule has 3 rings (SSSR count). The highest BCUT2D eigenvalue weighted by molar-refractivity contribution is 7.92. The van der Waals surface area contributed by atoms with Crippen LogP contribution in [0.4, 0.5) is 20.2 Å². The van der Waals surface area contributed by atoms with Crippen LogP contribution in [0, 0.1) is 11.6 Å². The van der Waals surface area contributed by atoms with E-state index in [1.165, 1.54) is 12.1 Å². The van der Waals surface area contributed by atoms with Gasteiger partial charge in [0, 0.05) is 17.8 Å². The lowest BCUT2D eigenvalue weighted by molar-refractivity contribution is -0.116. The minimum atomic E-state index is -4.40. The first-order valence-corrected chi connectivity index (χ1v) is 8.25. The fraction of sp³-hybridized carbons (Fsp3) is 0.133. The summed E-state index contributed by atoms with van der Waals surface area (Å²) >= 11 is 0. The minimum absolute atomic E-state index is 0.112. The van der Waals surface area contributed by atoms with E-state index in [2.05, 4.69) is 10.0 Å². The van der Waals surface area contributed by atoms with Crippen molar-refractivity contribution in [2.24, 2.45) is 0 Å². The van der Waals surface area contributed by atoms with E-state index in [9.17, 15) is 22.0 Å². The molecule has 0 spiro atoms. The molecule has 0 aromatic heterocycles. The second kappa shape index (κ2) is 5.62. The number of benzene rings is 2. The molecule has 1 aliphatic heterocycles. The summed E-state index contributed by atoms with van der Waals surface area (Å²) in [6.45, 7) is 0. The fourth-order valence-electron chi connectivity index (χ4n) is 2.39. The number of rotatable bonds is 3. The molecule has 5 nitrogen and oxygen atoms in total. The summed E-state index contributed by atoms with van der Waals surface area (Å²) in [4.78, 5) is 10.3. The Labute approximate surface area is 131 Å².